The molecular weight excluding hydrogens is 528 g/mol. The molecule has 8 heteroatoms. The molecule has 0 radical (unpaired) electrons. The average molecular weight is 565 g/mol. The first-order chi connectivity index (χ1) is 20.5. The number of benzene rings is 3. The van der Waals surface area contributed by atoms with Crippen molar-refractivity contribution in [2.45, 2.75) is 51.9 Å². The number of carbonyl (C=O) groups excluding carboxylic acids is 2. The Morgan fingerprint density at radius 3 is 2.55 bits per heavy atom. The molecule has 3 heterocycles. The molecule has 3 aromatic carbocycles. The highest BCUT2D eigenvalue weighted by molar-refractivity contribution is 5.95. The monoisotopic (exact) mass is 564 g/mol. The van der Waals surface area contributed by atoms with Gasteiger partial charge in [0.05, 0.1) is 18.8 Å². The van der Waals surface area contributed by atoms with E-state index in [2.05, 4.69) is 28.8 Å². The first-order valence-corrected chi connectivity index (χ1v) is 14.5. The number of piperazine rings is 1. The van der Waals surface area contributed by atoms with Crippen LogP contribution >= 0.6 is 0 Å². The fourth-order valence-corrected chi connectivity index (χ4v) is 6.21. The number of hydroxylamine groups is 1. The van der Waals surface area contributed by atoms with Gasteiger partial charge in [-0.05, 0) is 59.7 Å². The van der Waals surface area contributed by atoms with Crippen molar-refractivity contribution in [2.75, 3.05) is 13.1 Å². The molecule has 2 N–H and O–H groups in total. The smallest absolute Gasteiger partial charge is 0.245 e. The summed E-state index contributed by atoms with van der Waals surface area (Å²) in [6, 6.07) is 23.7. The number of nitrogens with zero attached hydrogens (tertiary/aromatic N) is 3. The maximum Gasteiger partial charge on any atom is 0.245 e. The number of hydrogen-bond donors (Lipinski definition) is 2. The highest BCUT2D eigenvalue weighted by Crippen LogP contribution is 2.36. The van der Waals surface area contributed by atoms with Crippen molar-refractivity contribution < 1.29 is 19.5 Å². The molecule has 6 rings (SSSR count). The van der Waals surface area contributed by atoms with E-state index < -0.39 is 6.04 Å². The molecule has 0 spiro atoms. The van der Waals surface area contributed by atoms with Crippen LogP contribution in [-0.2, 0) is 35.7 Å². The number of ether oxygens (including phenoxy) is 1. The van der Waals surface area contributed by atoms with E-state index in [1.54, 1.807) is 9.80 Å². The summed E-state index contributed by atoms with van der Waals surface area (Å²) in [6.07, 6.45) is 2.12. The normalized spacial score (nSPS) is 16.7. The summed E-state index contributed by atoms with van der Waals surface area (Å²) in [6.45, 7) is 8.06. The van der Waals surface area contributed by atoms with Crippen molar-refractivity contribution >= 4 is 28.4 Å². The lowest BCUT2D eigenvalue weighted by atomic mass is 10.0. The predicted molar refractivity (Wildman–Crippen MR) is 162 cm³/mol. The average Bonchev–Trinajstić information content (AvgIpc) is 3.15. The Labute approximate surface area is 245 Å². The summed E-state index contributed by atoms with van der Waals surface area (Å²) in [7, 11) is 0. The lowest BCUT2D eigenvalue weighted by Crippen LogP contribution is -2.59. The standard InChI is InChI=1S/C34H36N4O4/c1-3-17-36-21-33(39)38-20-32-28(14-16-31(38)34(36)40)29-18-27(42-22-25-7-5-4-6-8-25)13-15-30(29)37(32)19-24-9-11-26(12-10-24)23(2)35-41/h4-13,15,18,31,35,41H,2-3,14,16-17,19-22H2,1H3. The molecule has 1 fully saturated rings. The first kappa shape index (κ1) is 27.6. The molecule has 42 heavy (non-hydrogen) atoms. The fraction of sp³-hybridized carbons (Fsp3) is 0.294. The lowest BCUT2D eigenvalue weighted by Gasteiger charge is -2.39. The summed E-state index contributed by atoms with van der Waals surface area (Å²) in [5.41, 5.74) is 8.81. The molecule has 0 saturated carbocycles. The maximum atomic E-state index is 13.4. The third-order valence-corrected chi connectivity index (χ3v) is 8.39. The van der Waals surface area contributed by atoms with E-state index in [4.69, 9.17) is 4.74 Å². The molecule has 2 aliphatic rings. The minimum atomic E-state index is -0.442. The van der Waals surface area contributed by atoms with Crippen LogP contribution in [0.1, 0.15) is 47.7 Å². The van der Waals surface area contributed by atoms with Gasteiger partial charge < -0.3 is 19.1 Å². The zero-order valence-electron chi connectivity index (χ0n) is 23.9. The van der Waals surface area contributed by atoms with Crippen LogP contribution in [0.4, 0.5) is 0 Å². The van der Waals surface area contributed by atoms with E-state index in [-0.39, 0.29) is 18.4 Å². The van der Waals surface area contributed by atoms with Crippen molar-refractivity contribution in [1.82, 2.24) is 19.8 Å². The van der Waals surface area contributed by atoms with Gasteiger partial charge in [-0.2, -0.15) is 0 Å². The second-order valence-electron chi connectivity index (χ2n) is 11.1. The Kier molecular flexibility index (Phi) is 7.71. The summed E-state index contributed by atoms with van der Waals surface area (Å²) in [5, 5.41) is 10.3. The minimum Gasteiger partial charge on any atom is -0.489 e. The molecular formula is C34H36N4O4. The maximum absolute atomic E-state index is 13.4. The third kappa shape index (κ3) is 5.25. The lowest BCUT2D eigenvalue weighted by molar-refractivity contribution is -0.156. The number of carbonyl (C=O) groups is 2. The molecule has 2 amide bonds. The Morgan fingerprint density at radius 1 is 1.02 bits per heavy atom. The first-order valence-electron chi connectivity index (χ1n) is 14.5. The van der Waals surface area contributed by atoms with Gasteiger partial charge in [-0.25, -0.2) is 0 Å². The van der Waals surface area contributed by atoms with Crippen molar-refractivity contribution in [3.8, 4) is 5.75 Å². The van der Waals surface area contributed by atoms with Gasteiger partial charge in [0.2, 0.25) is 11.8 Å². The molecule has 1 atom stereocenters. The Hall–Kier alpha value is -4.56. The van der Waals surface area contributed by atoms with Crippen molar-refractivity contribution in [3.05, 3.63) is 107 Å². The molecule has 4 aromatic rings. The van der Waals surface area contributed by atoms with Gasteiger partial charge in [0.25, 0.3) is 0 Å². The number of aromatic nitrogens is 1. The number of aryl methyl sites for hydroxylation is 1. The molecule has 2 aliphatic heterocycles. The third-order valence-electron chi connectivity index (χ3n) is 8.39. The van der Waals surface area contributed by atoms with Crippen LogP contribution in [-0.4, -0.2) is 50.5 Å². The van der Waals surface area contributed by atoms with Crippen LogP contribution < -0.4 is 10.2 Å². The Balaban J connectivity index is 1.38. The summed E-state index contributed by atoms with van der Waals surface area (Å²) >= 11 is 0. The number of hydrogen-bond acceptors (Lipinski definition) is 5. The Morgan fingerprint density at radius 2 is 1.81 bits per heavy atom. The minimum absolute atomic E-state index is 0.00367. The van der Waals surface area contributed by atoms with Crippen LogP contribution in [0.3, 0.4) is 0 Å². The van der Waals surface area contributed by atoms with Gasteiger partial charge in [-0.3, -0.25) is 20.3 Å². The number of nitrogens with one attached hydrogen (secondary N) is 1. The number of amides is 2. The van der Waals surface area contributed by atoms with Gasteiger partial charge in [0.1, 0.15) is 18.4 Å². The second-order valence-corrected chi connectivity index (χ2v) is 11.1. The van der Waals surface area contributed by atoms with Crippen LogP contribution in [0.5, 0.6) is 5.75 Å². The van der Waals surface area contributed by atoms with Gasteiger partial charge in [0, 0.05) is 29.7 Å². The summed E-state index contributed by atoms with van der Waals surface area (Å²) < 4.78 is 8.47. The molecule has 8 nitrogen and oxygen atoms in total. The van der Waals surface area contributed by atoms with E-state index in [1.807, 2.05) is 67.6 Å². The van der Waals surface area contributed by atoms with E-state index in [0.29, 0.717) is 44.8 Å². The topological polar surface area (TPSA) is 87.0 Å². The van der Waals surface area contributed by atoms with Gasteiger partial charge in [-0.1, -0.05) is 68.1 Å². The van der Waals surface area contributed by atoms with Crippen LogP contribution in [0.25, 0.3) is 16.6 Å². The predicted octanol–water partition coefficient (Wildman–Crippen LogP) is 5.11. The number of fused-ring (bicyclic) bond motifs is 4. The molecule has 216 valence electrons. The van der Waals surface area contributed by atoms with E-state index in [9.17, 15) is 14.8 Å². The van der Waals surface area contributed by atoms with Gasteiger partial charge in [0.15, 0.2) is 0 Å². The summed E-state index contributed by atoms with van der Waals surface area (Å²) in [5.74, 6) is 0.843. The second kappa shape index (κ2) is 11.7. The number of rotatable bonds is 9. The van der Waals surface area contributed by atoms with Crippen molar-refractivity contribution in [1.29, 1.82) is 0 Å². The van der Waals surface area contributed by atoms with Crippen LogP contribution in [0, 0.1) is 0 Å². The zero-order chi connectivity index (χ0) is 29.2. The summed E-state index contributed by atoms with van der Waals surface area (Å²) in [4.78, 5) is 30.3. The van der Waals surface area contributed by atoms with Gasteiger partial charge >= 0.3 is 0 Å². The molecule has 1 aromatic heterocycles. The van der Waals surface area contributed by atoms with Crippen molar-refractivity contribution in [3.63, 3.8) is 0 Å². The van der Waals surface area contributed by atoms with E-state index >= 15 is 0 Å². The molecule has 1 saturated heterocycles. The fourth-order valence-electron chi connectivity index (χ4n) is 6.21. The Bertz CT molecular complexity index is 1630. The molecule has 1 unspecified atom stereocenters. The SMILES string of the molecule is C=C(NO)c1ccc(Cn2c3c(c4cc(OCc5ccccc5)ccc42)CCC2C(=O)N(CCC)CC(=O)N2C3)cc1. The van der Waals surface area contributed by atoms with Crippen molar-refractivity contribution in [2.24, 2.45) is 0 Å². The zero-order valence-corrected chi connectivity index (χ0v) is 23.9. The highest BCUT2D eigenvalue weighted by atomic mass is 16.5. The molecule has 0 aliphatic carbocycles. The van der Waals surface area contributed by atoms with Gasteiger partial charge in [-0.15, -0.1) is 0 Å². The van der Waals surface area contributed by atoms with Crippen LogP contribution in [0.15, 0.2) is 79.4 Å². The van der Waals surface area contributed by atoms with E-state index in [0.717, 1.165) is 45.5 Å². The molecule has 0 bridgehead atoms. The quantitative estimate of drug-likeness (QED) is 0.276. The largest absolute Gasteiger partial charge is 0.489 e. The van der Waals surface area contributed by atoms with E-state index in [1.165, 1.54) is 5.56 Å². The van der Waals surface area contributed by atoms with Crippen LogP contribution in [0.2, 0.25) is 0 Å². The highest BCUT2D eigenvalue weighted by Gasteiger charge is 2.41.